The van der Waals surface area contributed by atoms with Crippen LogP contribution in [0.3, 0.4) is 0 Å². The van der Waals surface area contributed by atoms with Crippen molar-refractivity contribution >= 4 is 40.9 Å². The third kappa shape index (κ3) is 5.32. The number of carbonyl (C=O) groups is 1. The lowest BCUT2D eigenvalue weighted by Crippen LogP contribution is -2.28. The van der Waals surface area contributed by atoms with Crippen molar-refractivity contribution in [3.8, 4) is 0 Å². The molecule has 0 radical (unpaired) electrons. The molecule has 152 valence electrons. The van der Waals surface area contributed by atoms with Crippen molar-refractivity contribution in [2.45, 2.75) is 44.3 Å². The first-order valence-corrected chi connectivity index (χ1v) is 11.0. The number of hydrogen-bond donors (Lipinski definition) is 1. The van der Waals surface area contributed by atoms with Crippen LogP contribution in [0.25, 0.3) is 0 Å². The Bertz CT molecular complexity index is 1020. The first kappa shape index (κ1) is 21.7. The fourth-order valence-electron chi connectivity index (χ4n) is 2.94. The van der Waals surface area contributed by atoms with Crippen molar-refractivity contribution in [2.24, 2.45) is 0 Å². The maximum atomic E-state index is 12.6. The Balaban J connectivity index is 1.72. The van der Waals surface area contributed by atoms with Crippen LogP contribution in [0.15, 0.2) is 47.6 Å². The molecular formula is C21H22Cl2N4OS. The van der Waals surface area contributed by atoms with Crippen LogP contribution in [0, 0.1) is 6.92 Å². The largest absolute Gasteiger partial charge is 0.342 e. The maximum Gasteiger partial charge on any atom is 0.251 e. The predicted molar refractivity (Wildman–Crippen MR) is 119 cm³/mol. The molecule has 1 amide bonds. The van der Waals surface area contributed by atoms with Gasteiger partial charge in [-0.15, -0.1) is 10.2 Å². The molecule has 0 fully saturated rings. The van der Waals surface area contributed by atoms with Crippen LogP contribution in [-0.4, -0.2) is 20.7 Å². The van der Waals surface area contributed by atoms with Crippen molar-refractivity contribution in [2.75, 3.05) is 0 Å². The summed E-state index contributed by atoms with van der Waals surface area (Å²) < 4.78 is 2.01. The van der Waals surface area contributed by atoms with Crippen LogP contribution in [0.2, 0.25) is 10.0 Å². The number of thioether (sulfide) groups is 1. The number of hydrogen-bond acceptors (Lipinski definition) is 4. The molecule has 1 N–H and O–H groups in total. The zero-order valence-electron chi connectivity index (χ0n) is 16.4. The topological polar surface area (TPSA) is 59.8 Å². The van der Waals surface area contributed by atoms with Gasteiger partial charge in [0, 0.05) is 27.9 Å². The summed E-state index contributed by atoms with van der Waals surface area (Å²) in [7, 11) is 0. The lowest BCUT2D eigenvalue weighted by molar-refractivity contribution is 0.0937. The molecule has 0 aliphatic rings. The quantitative estimate of drug-likeness (QED) is 0.471. The lowest BCUT2D eigenvalue weighted by Gasteiger charge is -2.15. The molecule has 0 spiro atoms. The van der Waals surface area contributed by atoms with Gasteiger partial charge in [0.2, 0.25) is 0 Å². The van der Waals surface area contributed by atoms with Crippen molar-refractivity contribution in [3.05, 3.63) is 75.0 Å². The highest BCUT2D eigenvalue weighted by atomic mass is 35.5. The number of benzene rings is 2. The molecule has 1 aromatic heterocycles. The average Bonchev–Trinajstić information content (AvgIpc) is 3.10. The Hall–Kier alpha value is -2.02. The van der Waals surface area contributed by atoms with E-state index in [4.69, 9.17) is 23.2 Å². The highest BCUT2D eigenvalue weighted by Crippen LogP contribution is 2.29. The zero-order chi connectivity index (χ0) is 21.0. The van der Waals surface area contributed by atoms with E-state index in [9.17, 15) is 4.79 Å². The average molecular weight is 449 g/mol. The monoisotopic (exact) mass is 448 g/mol. The van der Waals surface area contributed by atoms with Crippen molar-refractivity contribution in [3.63, 3.8) is 0 Å². The minimum Gasteiger partial charge on any atom is -0.342 e. The Labute approximate surface area is 184 Å². The Morgan fingerprint density at radius 2 is 2.00 bits per heavy atom. The highest BCUT2D eigenvalue weighted by molar-refractivity contribution is 7.98. The number of nitrogens with zero attached hydrogens (tertiary/aromatic N) is 3. The number of aromatic nitrogens is 3. The van der Waals surface area contributed by atoms with E-state index in [-0.39, 0.29) is 11.9 Å². The molecule has 1 atom stereocenters. The Morgan fingerprint density at radius 3 is 2.69 bits per heavy atom. The van der Waals surface area contributed by atoms with Gasteiger partial charge in [-0.05, 0) is 50.6 Å². The van der Waals surface area contributed by atoms with E-state index in [1.807, 2.05) is 55.7 Å². The molecule has 29 heavy (non-hydrogen) atoms. The molecule has 3 rings (SSSR count). The third-order valence-corrected chi connectivity index (χ3v) is 6.05. The fraction of sp³-hybridized carbons (Fsp3) is 0.286. The Morgan fingerprint density at radius 1 is 1.21 bits per heavy atom. The van der Waals surface area contributed by atoms with Crippen molar-refractivity contribution < 1.29 is 4.79 Å². The molecule has 0 saturated heterocycles. The SMILES string of the molecule is CCn1c(SCc2ccc(Cl)cc2Cl)nnc1[C@@H](C)NC(=O)c1cccc(C)c1. The van der Waals surface area contributed by atoms with Crippen LogP contribution < -0.4 is 5.32 Å². The van der Waals surface area contributed by atoms with Crippen LogP contribution in [0.4, 0.5) is 0 Å². The lowest BCUT2D eigenvalue weighted by atomic mass is 10.1. The van der Waals surface area contributed by atoms with Crippen molar-refractivity contribution in [1.82, 2.24) is 20.1 Å². The van der Waals surface area contributed by atoms with Crippen LogP contribution in [-0.2, 0) is 12.3 Å². The van der Waals surface area contributed by atoms with Crippen LogP contribution >= 0.6 is 35.0 Å². The normalized spacial score (nSPS) is 12.0. The third-order valence-electron chi connectivity index (χ3n) is 4.45. The van der Waals surface area contributed by atoms with Gasteiger partial charge in [0.25, 0.3) is 5.91 Å². The predicted octanol–water partition coefficient (Wildman–Crippen LogP) is 5.70. The van der Waals surface area contributed by atoms with E-state index < -0.39 is 0 Å². The summed E-state index contributed by atoms with van der Waals surface area (Å²) >= 11 is 13.8. The number of rotatable bonds is 7. The number of carbonyl (C=O) groups excluding carboxylic acids is 1. The smallest absolute Gasteiger partial charge is 0.251 e. The molecule has 0 aliphatic heterocycles. The van der Waals surface area contributed by atoms with Gasteiger partial charge in [0.1, 0.15) is 0 Å². The first-order valence-electron chi connectivity index (χ1n) is 9.26. The molecular weight excluding hydrogens is 427 g/mol. The number of amides is 1. The zero-order valence-corrected chi connectivity index (χ0v) is 18.8. The molecule has 5 nitrogen and oxygen atoms in total. The van der Waals surface area contributed by atoms with E-state index >= 15 is 0 Å². The van der Waals surface area contributed by atoms with Crippen molar-refractivity contribution in [1.29, 1.82) is 0 Å². The molecule has 0 aliphatic carbocycles. The second kappa shape index (κ2) is 9.65. The van der Waals surface area contributed by atoms with Crippen LogP contribution in [0.1, 0.15) is 47.2 Å². The maximum absolute atomic E-state index is 12.6. The minimum atomic E-state index is -0.274. The summed E-state index contributed by atoms with van der Waals surface area (Å²) in [6.45, 7) is 6.60. The van der Waals surface area contributed by atoms with Gasteiger partial charge in [0.05, 0.1) is 6.04 Å². The summed E-state index contributed by atoms with van der Waals surface area (Å²) in [5, 5.41) is 13.7. The molecule has 2 aromatic carbocycles. The van der Waals surface area contributed by atoms with Gasteiger partial charge in [-0.1, -0.05) is 58.7 Å². The van der Waals surface area contributed by atoms with Gasteiger partial charge < -0.3 is 9.88 Å². The van der Waals surface area contributed by atoms with E-state index in [1.54, 1.807) is 23.9 Å². The Kier molecular flexibility index (Phi) is 7.22. The summed E-state index contributed by atoms with van der Waals surface area (Å²) in [6, 6.07) is 12.7. The number of aryl methyl sites for hydroxylation is 1. The van der Waals surface area contributed by atoms with Gasteiger partial charge in [0.15, 0.2) is 11.0 Å². The van der Waals surface area contributed by atoms with E-state index in [2.05, 4.69) is 15.5 Å². The molecule has 0 saturated carbocycles. The second-order valence-electron chi connectivity index (χ2n) is 6.67. The van der Waals surface area contributed by atoms with Crippen LogP contribution in [0.5, 0.6) is 0 Å². The summed E-state index contributed by atoms with van der Waals surface area (Å²) in [5.41, 5.74) is 2.65. The molecule has 8 heteroatoms. The number of halogens is 2. The van der Waals surface area contributed by atoms with Gasteiger partial charge in [-0.3, -0.25) is 4.79 Å². The highest BCUT2D eigenvalue weighted by Gasteiger charge is 2.20. The summed E-state index contributed by atoms with van der Waals surface area (Å²) in [6.07, 6.45) is 0. The van der Waals surface area contributed by atoms with E-state index in [0.717, 1.165) is 22.1 Å². The molecule has 1 heterocycles. The molecule has 3 aromatic rings. The fourth-order valence-corrected chi connectivity index (χ4v) is 4.50. The first-order chi connectivity index (χ1) is 13.9. The van der Waals surface area contributed by atoms with Gasteiger partial charge in [-0.2, -0.15) is 0 Å². The molecule has 0 bridgehead atoms. The second-order valence-corrected chi connectivity index (χ2v) is 8.46. The summed E-state index contributed by atoms with van der Waals surface area (Å²) in [4.78, 5) is 12.6. The van der Waals surface area contributed by atoms with E-state index in [0.29, 0.717) is 27.9 Å². The molecule has 0 unspecified atom stereocenters. The summed E-state index contributed by atoms with van der Waals surface area (Å²) in [5.74, 6) is 1.24. The van der Waals surface area contributed by atoms with Gasteiger partial charge >= 0.3 is 0 Å². The standard InChI is InChI=1S/C21H22Cl2N4OS/c1-4-27-19(14(3)24-20(28)15-7-5-6-13(2)10-15)25-26-21(27)29-12-16-8-9-17(22)11-18(16)23/h5-11,14H,4,12H2,1-3H3,(H,24,28)/t14-/m1/s1. The minimum absolute atomic E-state index is 0.131. The number of nitrogens with one attached hydrogen (secondary N) is 1. The van der Waals surface area contributed by atoms with E-state index in [1.165, 1.54) is 0 Å². The van der Waals surface area contributed by atoms with Gasteiger partial charge in [-0.25, -0.2) is 0 Å².